The number of pyridine rings is 1. The van der Waals surface area contributed by atoms with Gasteiger partial charge in [-0.1, -0.05) is 30.3 Å². The van der Waals surface area contributed by atoms with Crippen LogP contribution in [0.2, 0.25) is 0 Å². The van der Waals surface area contributed by atoms with Gasteiger partial charge in [-0.15, -0.1) is 0 Å². The smallest absolute Gasteiger partial charge is 0.242 e. The summed E-state index contributed by atoms with van der Waals surface area (Å²) >= 11 is 3.30. The van der Waals surface area contributed by atoms with Gasteiger partial charge >= 0.3 is 0 Å². The molecule has 0 spiro atoms. The number of anilines is 1. The maximum absolute atomic E-state index is 12.1. The maximum Gasteiger partial charge on any atom is 0.242 e. The molecule has 1 heterocycles. The van der Waals surface area contributed by atoms with Crippen LogP contribution in [0.5, 0.6) is 0 Å². The van der Waals surface area contributed by atoms with E-state index < -0.39 is 5.92 Å². The first-order chi connectivity index (χ1) is 9.70. The van der Waals surface area contributed by atoms with E-state index in [9.17, 15) is 10.1 Å². The van der Waals surface area contributed by atoms with Crippen LogP contribution in [0.15, 0.2) is 53.3 Å². The molecule has 1 N–H and O–H groups in total. The summed E-state index contributed by atoms with van der Waals surface area (Å²) in [4.78, 5) is 16.0. The Hall–Kier alpha value is -2.19. The first-order valence-electron chi connectivity index (χ1n) is 6.04. The number of nitrogens with zero attached hydrogens (tertiary/aromatic N) is 2. The molecule has 0 bridgehead atoms. The van der Waals surface area contributed by atoms with Crippen molar-refractivity contribution in [3.05, 3.63) is 58.8 Å². The monoisotopic (exact) mass is 329 g/mol. The van der Waals surface area contributed by atoms with Crippen LogP contribution in [0.1, 0.15) is 5.56 Å². The molecule has 1 atom stereocenters. The van der Waals surface area contributed by atoms with E-state index >= 15 is 0 Å². The lowest BCUT2D eigenvalue weighted by molar-refractivity contribution is -0.118. The quantitative estimate of drug-likeness (QED) is 0.936. The summed E-state index contributed by atoms with van der Waals surface area (Å²) in [7, 11) is 0. The number of aromatic nitrogens is 1. The van der Waals surface area contributed by atoms with E-state index in [0.717, 1.165) is 5.56 Å². The lowest BCUT2D eigenvalue weighted by Crippen LogP contribution is -2.23. The van der Waals surface area contributed by atoms with Gasteiger partial charge in [0.2, 0.25) is 5.91 Å². The normalized spacial score (nSPS) is 11.4. The topological polar surface area (TPSA) is 65.8 Å². The second-order valence-electron chi connectivity index (χ2n) is 4.22. The van der Waals surface area contributed by atoms with Crippen LogP contribution in [-0.4, -0.2) is 10.9 Å². The van der Waals surface area contributed by atoms with Crippen LogP contribution in [0.4, 0.5) is 5.69 Å². The number of nitrogens with one attached hydrogen (secondary N) is 1. The first kappa shape index (κ1) is 14.2. The van der Waals surface area contributed by atoms with Gasteiger partial charge in [0.05, 0.1) is 16.2 Å². The van der Waals surface area contributed by atoms with Gasteiger partial charge < -0.3 is 5.32 Å². The summed E-state index contributed by atoms with van der Waals surface area (Å²) in [5, 5.41) is 11.9. The Kier molecular flexibility index (Phi) is 4.85. The minimum Gasteiger partial charge on any atom is -0.324 e. The Bertz CT molecular complexity index is 637. The van der Waals surface area contributed by atoms with E-state index in [2.05, 4.69) is 26.2 Å². The molecule has 2 aromatic rings. The van der Waals surface area contributed by atoms with E-state index in [1.165, 1.54) is 0 Å². The van der Waals surface area contributed by atoms with E-state index in [1.54, 1.807) is 18.5 Å². The van der Waals surface area contributed by atoms with Crippen LogP contribution in [-0.2, 0) is 11.2 Å². The molecule has 4 nitrogen and oxygen atoms in total. The SMILES string of the molecule is N#CC(Cc1ccccc1)C(=O)Nc1ccncc1Br. The number of amides is 1. The van der Waals surface area contributed by atoms with Gasteiger partial charge in [-0.05, 0) is 34.0 Å². The second-order valence-corrected chi connectivity index (χ2v) is 5.07. The lowest BCUT2D eigenvalue weighted by atomic mass is 10.00. The Morgan fingerprint density at radius 2 is 2.10 bits per heavy atom. The van der Waals surface area contributed by atoms with Gasteiger partial charge in [0.1, 0.15) is 5.92 Å². The molecule has 1 amide bonds. The molecule has 0 saturated carbocycles. The third kappa shape index (κ3) is 3.65. The Morgan fingerprint density at radius 1 is 1.35 bits per heavy atom. The van der Waals surface area contributed by atoms with E-state index in [4.69, 9.17) is 0 Å². The van der Waals surface area contributed by atoms with Crippen molar-refractivity contribution >= 4 is 27.5 Å². The average Bonchev–Trinajstić information content (AvgIpc) is 2.48. The molecule has 20 heavy (non-hydrogen) atoms. The van der Waals surface area contributed by atoms with Gasteiger partial charge in [0.15, 0.2) is 0 Å². The molecular weight excluding hydrogens is 318 g/mol. The highest BCUT2D eigenvalue weighted by Crippen LogP contribution is 2.21. The van der Waals surface area contributed by atoms with E-state index in [0.29, 0.717) is 16.6 Å². The molecule has 0 aliphatic rings. The molecule has 0 saturated heterocycles. The summed E-state index contributed by atoms with van der Waals surface area (Å²) in [6, 6.07) is 13.2. The number of hydrogen-bond donors (Lipinski definition) is 1. The number of nitriles is 1. The van der Waals surface area contributed by atoms with Gasteiger partial charge in [0, 0.05) is 12.4 Å². The van der Waals surface area contributed by atoms with Gasteiger partial charge in [0.25, 0.3) is 0 Å². The van der Waals surface area contributed by atoms with E-state index in [-0.39, 0.29) is 5.91 Å². The summed E-state index contributed by atoms with van der Waals surface area (Å²) in [6.45, 7) is 0. The Balaban J connectivity index is 2.07. The van der Waals surface area contributed by atoms with Crippen LogP contribution in [0, 0.1) is 17.2 Å². The standard InChI is InChI=1S/C15H12BrN3O/c16-13-10-18-7-6-14(13)19-15(20)12(9-17)8-11-4-2-1-3-5-11/h1-7,10,12H,8H2,(H,18,19,20). The largest absolute Gasteiger partial charge is 0.324 e. The van der Waals surface area contributed by atoms with Gasteiger partial charge in [-0.3, -0.25) is 9.78 Å². The highest BCUT2D eigenvalue weighted by molar-refractivity contribution is 9.10. The van der Waals surface area contributed by atoms with E-state index in [1.807, 2.05) is 36.4 Å². The van der Waals surface area contributed by atoms with Crippen molar-refractivity contribution in [2.45, 2.75) is 6.42 Å². The zero-order chi connectivity index (χ0) is 14.4. The van der Waals surface area contributed by atoms with Gasteiger partial charge in [-0.2, -0.15) is 5.26 Å². The number of benzene rings is 1. The van der Waals surface area contributed by atoms with Crippen molar-refractivity contribution < 1.29 is 4.79 Å². The predicted octanol–water partition coefficient (Wildman–Crippen LogP) is 3.17. The number of carbonyl (C=O) groups excluding carboxylic acids is 1. The molecule has 0 radical (unpaired) electrons. The molecular formula is C15H12BrN3O. The third-order valence-electron chi connectivity index (χ3n) is 2.79. The number of halogens is 1. The molecule has 1 unspecified atom stereocenters. The third-order valence-corrected chi connectivity index (χ3v) is 3.42. The summed E-state index contributed by atoms with van der Waals surface area (Å²) in [5.41, 5.74) is 1.57. The van der Waals surface area contributed by atoms with Crippen molar-refractivity contribution in [3.63, 3.8) is 0 Å². The van der Waals surface area contributed by atoms with Crippen molar-refractivity contribution in [3.8, 4) is 6.07 Å². The van der Waals surface area contributed by atoms with Gasteiger partial charge in [-0.25, -0.2) is 0 Å². The van der Waals surface area contributed by atoms with Crippen LogP contribution < -0.4 is 5.32 Å². The Labute approximate surface area is 125 Å². The van der Waals surface area contributed by atoms with Crippen LogP contribution >= 0.6 is 15.9 Å². The number of carbonyl (C=O) groups is 1. The highest BCUT2D eigenvalue weighted by Gasteiger charge is 2.19. The number of rotatable bonds is 4. The minimum absolute atomic E-state index is 0.316. The van der Waals surface area contributed by atoms with Crippen LogP contribution in [0.25, 0.3) is 0 Å². The second kappa shape index (κ2) is 6.83. The summed E-state index contributed by atoms with van der Waals surface area (Å²) < 4.78 is 0.685. The molecule has 0 fully saturated rings. The molecule has 1 aromatic carbocycles. The fraction of sp³-hybridized carbons (Fsp3) is 0.133. The average molecular weight is 330 g/mol. The molecule has 5 heteroatoms. The first-order valence-corrected chi connectivity index (χ1v) is 6.84. The fourth-order valence-electron chi connectivity index (χ4n) is 1.74. The summed E-state index contributed by atoms with van der Waals surface area (Å²) in [5.74, 6) is -1.04. The molecule has 100 valence electrons. The van der Waals surface area contributed by atoms with Crippen molar-refractivity contribution in [1.29, 1.82) is 5.26 Å². The number of hydrogen-bond acceptors (Lipinski definition) is 3. The summed E-state index contributed by atoms with van der Waals surface area (Å²) in [6.07, 6.45) is 3.57. The molecule has 0 aliphatic carbocycles. The lowest BCUT2D eigenvalue weighted by Gasteiger charge is -2.11. The van der Waals surface area contributed by atoms with Crippen molar-refractivity contribution in [1.82, 2.24) is 4.98 Å². The zero-order valence-corrected chi connectivity index (χ0v) is 12.2. The predicted molar refractivity (Wildman–Crippen MR) is 79.8 cm³/mol. The van der Waals surface area contributed by atoms with Crippen LogP contribution in [0.3, 0.4) is 0 Å². The minimum atomic E-state index is -0.725. The molecule has 0 aliphatic heterocycles. The zero-order valence-electron chi connectivity index (χ0n) is 10.6. The highest BCUT2D eigenvalue weighted by atomic mass is 79.9. The van der Waals surface area contributed by atoms with Crippen molar-refractivity contribution in [2.24, 2.45) is 5.92 Å². The molecule has 1 aromatic heterocycles. The van der Waals surface area contributed by atoms with Crippen molar-refractivity contribution in [2.75, 3.05) is 5.32 Å². The molecule has 2 rings (SSSR count). The maximum atomic E-state index is 12.1. The Morgan fingerprint density at radius 3 is 2.75 bits per heavy atom. The fourth-order valence-corrected chi connectivity index (χ4v) is 2.09.